The van der Waals surface area contributed by atoms with Crippen molar-refractivity contribution in [3.05, 3.63) is 160 Å². The lowest BCUT2D eigenvalue weighted by atomic mass is 9.80. The molecule has 0 amide bonds. The minimum absolute atomic E-state index is 0.00807. The van der Waals surface area contributed by atoms with E-state index in [2.05, 4.69) is 174 Å². The summed E-state index contributed by atoms with van der Waals surface area (Å²) in [5.74, 6) is 0.286. The first-order valence-electron chi connectivity index (χ1n) is 16.9. The third kappa shape index (κ3) is 4.95. The summed E-state index contributed by atoms with van der Waals surface area (Å²) in [7, 11) is 0. The Morgan fingerprint density at radius 2 is 1.46 bits per heavy atom. The van der Waals surface area contributed by atoms with Crippen LogP contribution >= 0.6 is 0 Å². The van der Waals surface area contributed by atoms with Crippen LogP contribution in [0.3, 0.4) is 0 Å². The average molecular weight is 600 g/mol. The van der Waals surface area contributed by atoms with Gasteiger partial charge >= 0.3 is 0 Å². The van der Waals surface area contributed by atoms with Gasteiger partial charge in [-0.1, -0.05) is 125 Å². The summed E-state index contributed by atoms with van der Waals surface area (Å²) in [5.41, 5.74) is 20.8. The number of aryl methyl sites for hydroxylation is 1. The zero-order valence-electron chi connectivity index (χ0n) is 28.4. The maximum absolute atomic E-state index is 3.54. The molecule has 230 valence electrons. The SMILES string of the molecule is C/C=C1\C(=C/C(C)/C=C/c2ccc3c(c2)C(C)(C)c2cc(C)ccc2-3)C(C)(C)c2cc(N(C3=C=CCC3)c3ccccc3)ccc21. The lowest BCUT2D eigenvalue weighted by molar-refractivity contribution is 0.653. The van der Waals surface area contributed by atoms with Crippen molar-refractivity contribution in [3.63, 3.8) is 0 Å². The number of anilines is 2. The van der Waals surface area contributed by atoms with Gasteiger partial charge in [0, 0.05) is 22.2 Å². The Kier molecular flexibility index (Phi) is 7.42. The topological polar surface area (TPSA) is 3.24 Å². The quantitative estimate of drug-likeness (QED) is 0.199. The van der Waals surface area contributed by atoms with Gasteiger partial charge in [0.25, 0.3) is 0 Å². The van der Waals surface area contributed by atoms with E-state index < -0.39 is 0 Å². The molecule has 0 bridgehead atoms. The van der Waals surface area contributed by atoms with E-state index in [0.717, 1.165) is 12.8 Å². The molecular weight excluding hydrogens is 555 g/mol. The average Bonchev–Trinajstić information content (AvgIpc) is 3.71. The van der Waals surface area contributed by atoms with Crippen LogP contribution in [0.15, 0.2) is 126 Å². The van der Waals surface area contributed by atoms with Crippen molar-refractivity contribution < 1.29 is 0 Å². The molecule has 7 rings (SSSR count). The molecule has 0 spiro atoms. The first-order valence-corrected chi connectivity index (χ1v) is 16.9. The van der Waals surface area contributed by atoms with Crippen LogP contribution < -0.4 is 4.90 Å². The van der Waals surface area contributed by atoms with Crippen molar-refractivity contribution in [1.82, 2.24) is 0 Å². The third-order valence-electron chi connectivity index (χ3n) is 10.4. The van der Waals surface area contributed by atoms with E-state index >= 15 is 0 Å². The number of rotatable bonds is 6. The van der Waals surface area contributed by atoms with E-state index in [1.807, 2.05) is 0 Å². The third-order valence-corrected chi connectivity index (χ3v) is 10.4. The normalized spacial score (nSPS) is 19.4. The highest BCUT2D eigenvalue weighted by molar-refractivity contribution is 5.91. The van der Waals surface area contributed by atoms with Gasteiger partial charge in [-0.25, -0.2) is 0 Å². The Morgan fingerprint density at radius 1 is 0.761 bits per heavy atom. The molecule has 0 heterocycles. The van der Waals surface area contributed by atoms with Gasteiger partial charge in [-0.15, -0.1) is 5.73 Å². The molecule has 3 aliphatic carbocycles. The monoisotopic (exact) mass is 599 g/mol. The van der Waals surface area contributed by atoms with Gasteiger partial charge in [-0.05, 0) is 113 Å². The van der Waals surface area contributed by atoms with Crippen LogP contribution in [0.25, 0.3) is 22.8 Å². The van der Waals surface area contributed by atoms with E-state index in [9.17, 15) is 0 Å². The molecule has 1 unspecified atom stereocenters. The molecule has 1 nitrogen and oxygen atoms in total. The van der Waals surface area contributed by atoms with E-state index in [-0.39, 0.29) is 16.7 Å². The molecule has 1 heteroatoms. The number of benzene rings is 4. The molecule has 0 fully saturated rings. The predicted molar refractivity (Wildman–Crippen MR) is 198 cm³/mol. The van der Waals surface area contributed by atoms with Crippen LogP contribution in [0, 0.1) is 12.8 Å². The van der Waals surface area contributed by atoms with E-state index in [0.29, 0.717) is 0 Å². The summed E-state index contributed by atoms with van der Waals surface area (Å²) in [5, 5.41) is 0. The van der Waals surface area contributed by atoms with Crippen LogP contribution in [0.2, 0.25) is 0 Å². The number of allylic oxidation sites excluding steroid dienone is 6. The molecule has 0 saturated heterocycles. The molecule has 0 saturated carbocycles. The minimum Gasteiger partial charge on any atom is -0.307 e. The van der Waals surface area contributed by atoms with Crippen LogP contribution in [0.5, 0.6) is 0 Å². The Morgan fingerprint density at radius 3 is 2.17 bits per heavy atom. The van der Waals surface area contributed by atoms with Gasteiger partial charge < -0.3 is 4.90 Å². The van der Waals surface area contributed by atoms with Crippen molar-refractivity contribution in [3.8, 4) is 11.1 Å². The second-order valence-corrected chi connectivity index (χ2v) is 14.3. The van der Waals surface area contributed by atoms with Gasteiger partial charge in [-0.3, -0.25) is 0 Å². The maximum atomic E-state index is 3.54. The smallest absolute Gasteiger partial charge is 0.0655 e. The maximum Gasteiger partial charge on any atom is 0.0655 e. The number of hydrogen-bond acceptors (Lipinski definition) is 1. The fourth-order valence-electron chi connectivity index (χ4n) is 7.90. The van der Waals surface area contributed by atoms with Crippen LogP contribution in [-0.2, 0) is 10.8 Å². The van der Waals surface area contributed by atoms with Crippen molar-refractivity contribution in [2.24, 2.45) is 5.92 Å². The molecule has 0 aliphatic heterocycles. The van der Waals surface area contributed by atoms with Crippen molar-refractivity contribution in [2.75, 3.05) is 4.90 Å². The van der Waals surface area contributed by atoms with Crippen LogP contribution in [0.1, 0.15) is 87.8 Å². The molecular formula is C45H45N. The first kappa shape index (κ1) is 30.1. The zero-order valence-corrected chi connectivity index (χ0v) is 28.4. The highest BCUT2D eigenvalue weighted by Crippen LogP contribution is 2.52. The molecule has 46 heavy (non-hydrogen) atoms. The van der Waals surface area contributed by atoms with Crippen molar-refractivity contribution >= 4 is 23.0 Å². The lowest BCUT2D eigenvalue weighted by Crippen LogP contribution is -2.18. The predicted octanol–water partition coefficient (Wildman–Crippen LogP) is 12.2. The van der Waals surface area contributed by atoms with Crippen LogP contribution in [-0.4, -0.2) is 0 Å². The summed E-state index contributed by atoms with van der Waals surface area (Å²) in [4.78, 5) is 2.39. The highest BCUT2D eigenvalue weighted by Gasteiger charge is 2.39. The zero-order chi connectivity index (χ0) is 32.2. The first-order chi connectivity index (χ1) is 22.1. The van der Waals surface area contributed by atoms with E-state index in [1.54, 1.807) is 0 Å². The summed E-state index contributed by atoms with van der Waals surface area (Å²) < 4.78 is 0. The van der Waals surface area contributed by atoms with Gasteiger partial charge in [0.2, 0.25) is 0 Å². The Labute approximate surface area is 276 Å². The number of fused-ring (bicyclic) bond motifs is 4. The molecule has 4 aromatic rings. The molecule has 0 N–H and O–H groups in total. The minimum atomic E-state index is -0.112. The van der Waals surface area contributed by atoms with Gasteiger partial charge in [0.1, 0.15) is 0 Å². The second-order valence-electron chi connectivity index (χ2n) is 14.3. The van der Waals surface area contributed by atoms with Gasteiger partial charge in [0.15, 0.2) is 0 Å². The molecule has 1 atom stereocenters. The second kappa shape index (κ2) is 11.3. The molecule has 3 aliphatic rings. The lowest BCUT2D eigenvalue weighted by Gasteiger charge is -2.28. The number of hydrogen-bond donors (Lipinski definition) is 0. The summed E-state index contributed by atoms with van der Waals surface area (Å²) in [6.45, 7) is 16.2. The molecule has 0 aromatic heterocycles. The van der Waals surface area contributed by atoms with Crippen molar-refractivity contribution in [2.45, 2.75) is 72.1 Å². The Balaban J connectivity index is 1.19. The molecule has 0 radical (unpaired) electrons. The number of nitrogens with zero attached hydrogens (tertiary/aromatic N) is 1. The Bertz CT molecular complexity index is 2000. The largest absolute Gasteiger partial charge is 0.307 e. The van der Waals surface area contributed by atoms with Gasteiger partial charge in [-0.2, -0.15) is 0 Å². The van der Waals surface area contributed by atoms with Crippen molar-refractivity contribution in [1.29, 1.82) is 0 Å². The summed E-state index contributed by atoms with van der Waals surface area (Å²) in [6, 6.07) is 31.7. The fraction of sp³-hybridized carbons (Fsp3) is 0.267. The highest BCUT2D eigenvalue weighted by atomic mass is 15.1. The van der Waals surface area contributed by atoms with Gasteiger partial charge in [0.05, 0.1) is 5.70 Å². The fourth-order valence-corrected chi connectivity index (χ4v) is 7.90. The van der Waals surface area contributed by atoms with Crippen LogP contribution in [0.4, 0.5) is 11.4 Å². The standard InChI is InChI=1S/C45H45N/c1-8-36-37-25-22-35(46(34-16-12-13-17-34)33-14-10-9-11-15-33)29-43(37)44(4,5)40(36)26-30(2)18-20-32-21-24-39-38-23-19-31(3)27-41(38)45(6,7)42(39)28-32/h8-12,14-15,18-30H,13,17H2,1-7H3/b20-18+,36-8-,40-26+. The van der Waals surface area contributed by atoms with E-state index in [4.69, 9.17) is 0 Å². The number of para-hydroxylation sites is 1. The molecule has 4 aromatic carbocycles. The summed E-state index contributed by atoms with van der Waals surface area (Å²) >= 11 is 0. The summed E-state index contributed by atoms with van der Waals surface area (Å²) in [6.07, 6.45) is 13.7. The van der Waals surface area contributed by atoms with E-state index in [1.165, 1.54) is 72.7 Å². The Hall–Kier alpha value is -4.58.